The monoisotopic (exact) mass is 322 g/mol. The summed E-state index contributed by atoms with van der Waals surface area (Å²) in [6.45, 7) is 1.62. The Morgan fingerprint density at radius 3 is 2.67 bits per heavy atom. The molecular weight excluding hydrogens is 312 g/mol. The lowest BCUT2D eigenvalue weighted by Gasteiger charge is -2.11. The van der Waals surface area contributed by atoms with Crippen molar-refractivity contribution in [2.45, 2.75) is 11.8 Å². The highest BCUT2D eigenvalue weighted by Gasteiger charge is 2.20. The molecule has 2 rings (SSSR count). The molecule has 3 N–H and O–H groups in total. The minimum Gasteiger partial charge on any atom is -0.399 e. The largest absolute Gasteiger partial charge is 0.399 e. The minimum atomic E-state index is -3.92. The maximum absolute atomic E-state index is 12.4. The van der Waals surface area contributed by atoms with Crippen LogP contribution in [-0.4, -0.2) is 13.4 Å². The summed E-state index contributed by atoms with van der Waals surface area (Å²) in [4.78, 5) is 3.82. The van der Waals surface area contributed by atoms with E-state index in [1.54, 1.807) is 6.92 Å². The highest BCUT2D eigenvalue weighted by atomic mass is 35.5. The number of hydrogen-bond donors (Lipinski definition) is 2. The van der Waals surface area contributed by atoms with Gasteiger partial charge in [0, 0.05) is 5.69 Å². The summed E-state index contributed by atoms with van der Waals surface area (Å²) in [7, 11) is -3.92. The maximum Gasteiger partial charge on any atom is 0.263 e. The molecule has 0 amide bonds. The van der Waals surface area contributed by atoms with Crippen LogP contribution in [0.4, 0.5) is 11.4 Å². The van der Waals surface area contributed by atoms with Crippen LogP contribution in [0.25, 0.3) is 0 Å². The van der Waals surface area contributed by atoms with E-state index in [0.717, 1.165) is 0 Å². The molecule has 1 aromatic heterocycles. The molecule has 0 radical (unpaired) electrons. The van der Waals surface area contributed by atoms with Gasteiger partial charge in [-0.05, 0) is 37.3 Å². The molecule has 0 bridgehead atoms. The van der Waals surface area contributed by atoms with E-state index in [1.807, 2.05) is 6.07 Å². The fourth-order valence-corrected chi connectivity index (χ4v) is 3.15. The third-order valence-corrected chi connectivity index (χ3v) is 4.34. The Morgan fingerprint density at radius 1 is 1.33 bits per heavy atom. The lowest BCUT2D eigenvalue weighted by atomic mass is 10.2. The van der Waals surface area contributed by atoms with Gasteiger partial charge in [0.2, 0.25) is 0 Å². The van der Waals surface area contributed by atoms with Gasteiger partial charge in [0.05, 0.1) is 16.9 Å². The van der Waals surface area contributed by atoms with Crippen molar-refractivity contribution in [3.05, 3.63) is 46.7 Å². The van der Waals surface area contributed by atoms with E-state index in [9.17, 15) is 8.42 Å². The first kappa shape index (κ1) is 15.1. The number of hydrogen-bond acceptors (Lipinski definition) is 5. The Hall–Kier alpha value is -2.30. The van der Waals surface area contributed by atoms with E-state index in [4.69, 9.17) is 22.6 Å². The summed E-state index contributed by atoms with van der Waals surface area (Å²) in [5.41, 5.74) is 6.56. The number of nitrogens with two attached hydrogens (primary N) is 1. The van der Waals surface area contributed by atoms with Crippen molar-refractivity contribution in [3.63, 3.8) is 0 Å². The quantitative estimate of drug-likeness (QED) is 0.665. The van der Waals surface area contributed by atoms with Gasteiger partial charge in [-0.2, -0.15) is 5.26 Å². The van der Waals surface area contributed by atoms with Crippen LogP contribution in [0.3, 0.4) is 0 Å². The lowest BCUT2D eigenvalue weighted by Crippen LogP contribution is -2.15. The number of halogens is 1. The first-order chi connectivity index (χ1) is 9.83. The van der Waals surface area contributed by atoms with E-state index < -0.39 is 10.0 Å². The Labute approximate surface area is 127 Å². The molecule has 0 fully saturated rings. The molecule has 1 heterocycles. The zero-order valence-electron chi connectivity index (χ0n) is 11.0. The number of nitrogen functional groups attached to an aromatic ring is 1. The molecule has 8 heteroatoms. The van der Waals surface area contributed by atoms with Gasteiger partial charge in [-0.15, -0.1) is 0 Å². The van der Waals surface area contributed by atoms with Crippen LogP contribution in [0.1, 0.15) is 11.3 Å². The number of aryl methyl sites for hydroxylation is 1. The number of rotatable bonds is 3. The standard InChI is InChI=1S/C13H11ClN4O2S/c1-8-11(3-5-13(14)17-8)18-21(19,20)12-4-2-10(16)6-9(12)7-15/h2-6,18H,16H2,1H3. The van der Waals surface area contributed by atoms with Crippen molar-refractivity contribution < 1.29 is 8.42 Å². The van der Waals surface area contributed by atoms with Crippen molar-refractivity contribution in [3.8, 4) is 6.07 Å². The average Bonchev–Trinajstić information content (AvgIpc) is 2.41. The van der Waals surface area contributed by atoms with Gasteiger partial charge in [-0.3, -0.25) is 4.72 Å². The molecular formula is C13H11ClN4O2S. The summed E-state index contributed by atoms with van der Waals surface area (Å²) in [5.74, 6) is 0. The van der Waals surface area contributed by atoms with Crippen molar-refractivity contribution >= 4 is 33.0 Å². The summed E-state index contributed by atoms with van der Waals surface area (Å²) >= 11 is 5.72. The fraction of sp³-hybridized carbons (Fsp3) is 0.0769. The number of pyridine rings is 1. The second-order valence-electron chi connectivity index (χ2n) is 4.24. The zero-order chi connectivity index (χ0) is 15.6. The predicted octanol–water partition coefficient (Wildman–Crippen LogP) is 2.30. The zero-order valence-corrected chi connectivity index (χ0v) is 12.5. The van der Waals surface area contributed by atoms with Gasteiger partial charge in [-0.1, -0.05) is 11.6 Å². The van der Waals surface area contributed by atoms with E-state index in [2.05, 4.69) is 9.71 Å². The Balaban J connectivity index is 2.46. The normalized spacial score (nSPS) is 10.9. The van der Waals surface area contributed by atoms with Gasteiger partial charge >= 0.3 is 0 Å². The van der Waals surface area contributed by atoms with Crippen molar-refractivity contribution in [1.82, 2.24) is 4.98 Å². The van der Waals surface area contributed by atoms with Crippen molar-refractivity contribution in [2.24, 2.45) is 0 Å². The number of anilines is 2. The second-order valence-corrected chi connectivity index (χ2v) is 6.28. The molecule has 0 saturated heterocycles. The molecule has 0 aliphatic rings. The Kier molecular flexibility index (Phi) is 4.02. The molecule has 0 unspecified atom stereocenters. The van der Waals surface area contributed by atoms with Gasteiger partial charge in [-0.25, -0.2) is 13.4 Å². The molecule has 0 atom stereocenters. The van der Waals surface area contributed by atoms with Crippen molar-refractivity contribution in [1.29, 1.82) is 5.26 Å². The van der Waals surface area contributed by atoms with E-state index in [1.165, 1.54) is 30.3 Å². The van der Waals surface area contributed by atoms with Gasteiger partial charge in [0.1, 0.15) is 16.1 Å². The van der Waals surface area contributed by atoms with Crippen LogP contribution < -0.4 is 10.5 Å². The molecule has 0 aliphatic heterocycles. The van der Waals surface area contributed by atoms with Crippen LogP contribution in [0.15, 0.2) is 35.2 Å². The third-order valence-electron chi connectivity index (χ3n) is 2.71. The summed E-state index contributed by atoms with van der Waals surface area (Å²) < 4.78 is 27.1. The number of nitrogens with zero attached hydrogens (tertiary/aromatic N) is 2. The Bertz CT molecular complexity index is 844. The molecule has 0 saturated carbocycles. The number of nitriles is 1. The highest BCUT2D eigenvalue weighted by molar-refractivity contribution is 7.92. The summed E-state index contributed by atoms with van der Waals surface area (Å²) in [6, 6.07) is 8.81. The first-order valence-corrected chi connectivity index (χ1v) is 7.65. The van der Waals surface area contributed by atoms with Crippen molar-refractivity contribution in [2.75, 3.05) is 10.5 Å². The van der Waals surface area contributed by atoms with E-state index >= 15 is 0 Å². The van der Waals surface area contributed by atoms with Gasteiger partial charge in [0.25, 0.3) is 10.0 Å². The molecule has 6 nitrogen and oxygen atoms in total. The fourth-order valence-electron chi connectivity index (χ4n) is 1.71. The van der Waals surface area contributed by atoms with Crippen LogP contribution in [0, 0.1) is 18.3 Å². The van der Waals surface area contributed by atoms with Gasteiger partial charge in [0.15, 0.2) is 0 Å². The van der Waals surface area contributed by atoms with Crippen LogP contribution in [0.5, 0.6) is 0 Å². The minimum absolute atomic E-state index is 0.0259. The average molecular weight is 323 g/mol. The lowest BCUT2D eigenvalue weighted by molar-refractivity contribution is 0.601. The number of aromatic nitrogens is 1. The summed E-state index contributed by atoms with van der Waals surface area (Å²) in [5, 5.41) is 9.30. The maximum atomic E-state index is 12.4. The molecule has 1 aromatic carbocycles. The SMILES string of the molecule is Cc1nc(Cl)ccc1NS(=O)(=O)c1ccc(N)cc1C#N. The first-order valence-electron chi connectivity index (χ1n) is 5.79. The summed E-state index contributed by atoms with van der Waals surface area (Å²) in [6.07, 6.45) is 0. The van der Waals surface area contributed by atoms with Crippen LogP contribution in [-0.2, 0) is 10.0 Å². The third kappa shape index (κ3) is 3.24. The number of sulfonamides is 1. The topological polar surface area (TPSA) is 109 Å². The van der Waals surface area contributed by atoms with E-state index in [0.29, 0.717) is 17.1 Å². The molecule has 108 valence electrons. The number of nitrogens with one attached hydrogen (secondary N) is 1. The van der Waals surface area contributed by atoms with Crippen LogP contribution in [0.2, 0.25) is 5.15 Å². The predicted molar refractivity (Wildman–Crippen MR) is 80.4 cm³/mol. The van der Waals surface area contributed by atoms with Gasteiger partial charge < -0.3 is 5.73 Å². The molecule has 2 aromatic rings. The highest BCUT2D eigenvalue weighted by Crippen LogP contribution is 2.23. The Morgan fingerprint density at radius 2 is 2.05 bits per heavy atom. The second kappa shape index (κ2) is 5.60. The molecule has 21 heavy (non-hydrogen) atoms. The van der Waals surface area contributed by atoms with Crippen LogP contribution >= 0.6 is 11.6 Å². The number of benzene rings is 1. The molecule has 0 aliphatic carbocycles. The van der Waals surface area contributed by atoms with E-state index in [-0.39, 0.29) is 15.6 Å². The molecule has 0 spiro atoms. The smallest absolute Gasteiger partial charge is 0.263 e.